The number of rotatable bonds is 2. The van der Waals surface area contributed by atoms with E-state index < -0.39 is 0 Å². The molecule has 0 saturated carbocycles. The normalized spacial score (nSPS) is 30.9. The van der Waals surface area contributed by atoms with E-state index in [9.17, 15) is 5.26 Å². The van der Waals surface area contributed by atoms with E-state index in [1.165, 1.54) is 30.5 Å². The van der Waals surface area contributed by atoms with Gasteiger partial charge in [-0.1, -0.05) is 0 Å². The van der Waals surface area contributed by atoms with Crippen LogP contribution in [0.1, 0.15) is 48.9 Å². The van der Waals surface area contributed by atoms with Crippen LogP contribution in [-0.4, -0.2) is 23.2 Å². The minimum atomic E-state index is 0.310. The predicted molar refractivity (Wildman–Crippen MR) is 75.5 cm³/mol. The van der Waals surface area contributed by atoms with Gasteiger partial charge in [0.1, 0.15) is 11.9 Å². The summed E-state index contributed by atoms with van der Waals surface area (Å²) in [5.74, 6) is 0.773. The zero-order valence-electron chi connectivity index (χ0n) is 11.6. The summed E-state index contributed by atoms with van der Waals surface area (Å²) in [7, 11) is 0. The van der Waals surface area contributed by atoms with Crippen molar-refractivity contribution in [2.75, 3.05) is 5.32 Å². The molecule has 0 aromatic carbocycles. The maximum atomic E-state index is 9.36. The van der Waals surface area contributed by atoms with E-state index in [2.05, 4.69) is 11.4 Å². The van der Waals surface area contributed by atoms with Crippen molar-refractivity contribution in [3.63, 3.8) is 0 Å². The minimum Gasteiger partial charge on any atom is -0.373 e. The molecule has 0 radical (unpaired) electrons. The summed E-state index contributed by atoms with van der Waals surface area (Å²) in [5.41, 5.74) is 3.14. The van der Waals surface area contributed by atoms with Crippen molar-refractivity contribution in [2.45, 2.75) is 63.2 Å². The lowest BCUT2D eigenvalue weighted by Gasteiger charge is -2.23. The van der Waals surface area contributed by atoms with Gasteiger partial charge >= 0.3 is 0 Å². The van der Waals surface area contributed by atoms with Crippen LogP contribution in [0.4, 0.5) is 5.82 Å². The molecule has 20 heavy (non-hydrogen) atoms. The Balaban J connectivity index is 1.62. The number of nitrogens with zero attached hydrogens (tertiary/aromatic N) is 2. The smallest absolute Gasteiger partial charge is 0.144 e. The number of hydrogen-bond donors (Lipinski definition) is 1. The highest BCUT2D eigenvalue weighted by atomic mass is 16.5. The molecule has 4 nitrogen and oxygen atoms in total. The Bertz CT molecular complexity index is 578. The van der Waals surface area contributed by atoms with Crippen molar-refractivity contribution >= 4 is 5.82 Å². The standard InChI is InChI=1S/C16H19N3O/c17-9-11-7-10-3-1-2-4-13(10)18-16(11)19-14-8-12-5-6-15(14)20-12/h7,12,14-15H,1-6,8H2,(H,18,19). The molecule has 1 aromatic rings. The van der Waals surface area contributed by atoms with Gasteiger partial charge in [0.15, 0.2) is 0 Å². The van der Waals surface area contributed by atoms with Gasteiger partial charge in [-0.05, 0) is 56.6 Å². The molecule has 4 heteroatoms. The molecule has 2 bridgehead atoms. The number of ether oxygens (including phenoxy) is 1. The lowest BCUT2D eigenvalue weighted by atomic mass is 9.93. The van der Waals surface area contributed by atoms with Crippen molar-refractivity contribution in [1.82, 2.24) is 4.98 Å². The van der Waals surface area contributed by atoms with Crippen LogP contribution >= 0.6 is 0 Å². The van der Waals surface area contributed by atoms with Crippen molar-refractivity contribution in [3.8, 4) is 6.07 Å². The number of pyridine rings is 1. The van der Waals surface area contributed by atoms with Crippen LogP contribution in [-0.2, 0) is 17.6 Å². The molecule has 3 unspecified atom stereocenters. The van der Waals surface area contributed by atoms with Gasteiger partial charge in [0, 0.05) is 5.69 Å². The molecule has 4 rings (SSSR count). The van der Waals surface area contributed by atoms with Gasteiger partial charge in [-0.15, -0.1) is 0 Å². The average molecular weight is 269 g/mol. The van der Waals surface area contributed by atoms with Gasteiger partial charge in [-0.2, -0.15) is 5.26 Å². The summed E-state index contributed by atoms with van der Waals surface area (Å²) in [6.45, 7) is 0. The second-order valence-corrected chi connectivity index (χ2v) is 6.17. The maximum Gasteiger partial charge on any atom is 0.144 e. The van der Waals surface area contributed by atoms with Crippen molar-refractivity contribution in [2.24, 2.45) is 0 Å². The van der Waals surface area contributed by atoms with Crippen LogP contribution in [0, 0.1) is 11.3 Å². The highest BCUT2D eigenvalue weighted by Crippen LogP contribution is 2.36. The van der Waals surface area contributed by atoms with E-state index in [-0.39, 0.29) is 0 Å². The Labute approximate surface area is 119 Å². The number of aryl methyl sites for hydroxylation is 2. The molecule has 3 aliphatic rings. The first kappa shape index (κ1) is 12.2. The summed E-state index contributed by atoms with van der Waals surface area (Å²) in [5, 5.41) is 12.8. The van der Waals surface area contributed by atoms with Gasteiger partial charge in [0.05, 0.1) is 23.8 Å². The van der Waals surface area contributed by atoms with Crippen LogP contribution in [0.5, 0.6) is 0 Å². The van der Waals surface area contributed by atoms with E-state index in [1.54, 1.807) is 0 Å². The third kappa shape index (κ3) is 1.97. The van der Waals surface area contributed by atoms with Gasteiger partial charge in [0.25, 0.3) is 0 Å². The lowest BCUT2D eigenvalue weighted by Crippen LogP contribution is -2.31. The van der Waals surface area contributed by atoms with Crippen LogP contribution in [0.15, 0.2) is 6.07 Å². The Morgan fingerprint density at radius 2 is 2.20 bits per heavy atom. The van der Waals surface area contributed by atoms with Crippen molar-refractivity contribution < 1.29 is 4.74 Å². The van der Waals surface area contributed by atoms with Crippen LogP contribution in [0.25, 0.3) is 0 Å². The fourth-order valence-corrected chi connectivity index (χ4v) is 3.79. The predicted octanol–water partition coefficient (Wildman–Crippen LogP) is 2.56. The second kappa shape index (κ2) is 4.75. The van der Waals surface area contributed by atoms with E-state index in [0.717, 1.165) is 31.5 Å². The molecule has 104 valence electrons. The summed E-state index contributed by atoms with van der Waals surface area (Å²) in [6, 6.07) is 4.67. The SMILES string of the molecule is N#Cc1cc2c(nc1NC1CC3CCC1O3)CCCC2. The Morgan fingerprint density at radius 1 is 1.30 bits per heavy atom. The zero-order valence-corrected chi connectivity index (χ0v) is 11.6. The molecule has 1 aliphatic carbocycles. The first-order valence-corrected chi connectivity index (χ1v) is 7.68. The van der Waals surface area contributed by atoms with Crippen LogP contribution in [0.2, 0.25) is 0 Å². The second-order valence-electron chi connectivity index (χ2n) is 6.17. The fourth-order valence-electron chi connectivity index (χ4n) is 3.79. The Morgan fingerprint density at radius 3 is 2.95 bits per heavy atom. The first-order valence-electron chi connectivity index (χ1n) is 7.68. The number of nitriles is 1. The minimum absolute atomic E-state index is 0.310. The zero-order chi connectivity index (χ0) is 13.5. The quantitative estimate of drug-likeness (QED) is 0.896. The van der Waals surface area contributed by atoms with Crippen LogP contribution < -0.4 is 5.32 Å². The molecular weight excluding hydrogens is 250 g/mol. The number of aromatic nitrogens is 1. The molecule has 1 N–H and O–H groups in total. The van der Waals surface area contributed by atoms with E-state index in [1.807, 2.05) is 6.07 Å². The Hall–Kier alpha value is -1.60. The topological polar surface area (TPSA) is 57.9 Å². The Kier molecular flexibility index (Phi) is 2.89. The molecule has 3 heterocycles. The third-order valence-electron chi connectivity index (χ3n) is 4.85. The summed E-state index contributed by atoms with van der Waals surface area (Å²) in [6.07, 6.45) is 8.63. The molecule has 2 aliphatic heterocycles. The number of hydrogen-bond acceptors (Lipinski definition) is 4. The molecule has 0 amide bonds. The van der Waals surface area contributed by atoms with Gasteiger partial charge < -0.3 is 10.1 Å². The largest absolute Gasteiger partial charge is 0.373 e. The van der Waals surface area contributed by atoms with Crippen molar-refractivity contribution in [3.05, 3.63) is 22.9 Å². The molecule has 2 fully saturated rings. The maximum absolute atomic E-state index is 9.36. The summed E-state index contributed by atoms with van der Waals surface area (Å²) >= 11 is 0. The summed E-state index contributed by atoms with van der Waals surface area (Å²) < 4.78 is 5.87. The van der Waals surface area contributed by atoms with E-state index in [0.29, 0.717) is 23.8 Å². The van der Waals surface area contributed by atoms with Crippen molar-refractivity contribution in [1.29, 1.82) is 5.26 Å². The average Bonchev–Trinajstić information content (AvgIpc) is 3.09. The van der Waals surface area contributed by atoms with Gasteiger partial charge in [0.2, 0.25) is 0 Å². The molecular formula is C16H19N3O. The number of anilines is 1. The molecule has 2 saturated heterocycles. The van der Waals surface area contributed by atoms with Crippen LogP contribution in [0.3, 0.4) is 0 Å². The highest BCUT2D eigenvalue weighted by Gasteiger charge is 2.41. The lowest BCUT2D eigenvalue weighted by molar-refractivity contribution is 0.102. The van der Waals surface area contributed by atoms with E-state index >= 15 is 0 Å². The highest BCUT2D eigenvalue weighted by molar-refractivity contribution is 5.55. The van der Waals surface area contributed by atoms with Gasteiger partial charge in [-0.25, -0.2) is 4.98 Å². The van der Waals surface area contributed by atoms with Gasteiger partial charge in [-0.3, -0.25) is 0 Å². The molecule has 3 atom stereocenters. The molecule has 1 aromatic heterocycles. The number of fused-ring (bicyclic) bond motifs is 3. The number of nitrogens with one attached hydrogen (secondary N) is 1. The molecule has 0 spiro atoms. The fraction of sp³-hybridized carbons (Fsp3) is 0.625. The third-order valence-corrected chi connectivity index (χ3v) is 4.85. The monoisotopic (exact) mass is 269 g/mol. The van der Waals surface area contributed by atoms with E-state index in [4.69, 9.17) is 9.72 Å². The first-order chi connectivity index (χ1) is 9.83. The summed E-state index contributed by atoms with van der Waals surface area (Å²) in [4.78, 5) is 4.74.